The maximum absolute atomic E-state index is 12.4. The highest BCUT2D eigenvalue weighted by Gasteiger charge is 2.27. The highest BCUT2D eigenvalue weighted by atomic mass is 16.6. The number of esters is 1. The van der Waals surface area contributed by atoms with Crippen molar-refractivity contribution in [2.45, 2.75) is 26.4 Å². The summed E-state index contributed by atoms with van der Waals surface area (Å²) in [5.41, 5.74) is 3.08. The number of benzene rings is 1. The molecule has 3 heterocycles. The Morgan fingerprint density at radius 3 is 2.27 bits per heavy atom. The fourth-order valence-corrected chi connectivity index (χ4v) is 3.81. The van der Waals surface area contributed by atoms with Gasteiger partial charge >= 0.3 is 12.1 Å². The second-order valence-electron chi connectivity index (χ2n) is 9.61. The van der Waals surface area contributed by atoms with Crippen molar-refractivity contribution in [3.05, 3.63) is 77.6 Å². The molecule has 8 heteroatoms. The number of hydrogen-bond donors (Lipinski definition) is 0. The topological polar surface area (TPSA) is 84.9 Å². The number of carbonyl (C=O) groups is 2. The van der Waals surface area contributed by atoms with E-state index < -0.39 is 11.6 Å². The third-order valence-electron chi connectivity index (χ3n) is 5.68. The molecule has 0 unspecified atom stereocenters. The van der Waals surface area contributed by atoms with Gasteiger partial charge in [-0.15, -0.1) is 0 Å². The molecule has 190 valence electrons. The number of hydrogen-bond acceptors (Lipinski definition) is 7. The van der Waals surface area contributed by atoms with Crippen LogP contribution in [0.2, 0.25) is 0 Å². The molecule has 0 saturated carbocycles. The van der Waals surface area contributed by atoms with Crippen molar-refractivity contribution < 1.29 is 19.1 Å². The second-order valence-corrected chi connectivity index (χ2v) is 9.61. The van der Waals surface area contributed by atoms with Crippen LogP contribution in [0.5, 0.6) is 0 Å². The van der Waals surface area contributed by atoms with Crippen LogP contribution in [0.15, 0.2) is 60.9 Å². The zero-order valence-electron chi connectivity index (χ0n) is 21.5. The highest BCUT2D eigenvalue weighted by Crippen LogP contribution is 2.25. The summed E-state index contributed by atoms with van der Waals surface area (Å²) in [5, 5.41) is 0. The molecule has 1 saturated heterocycles. The predicted molar refractivity (Wildman–Crippen MR) is 141 cm³/mol. The summed E-state index contributed by atoms with van der Waals surface area (Å²) >= 11 is 0. The largest absolute Gasteiger partial charge is 0.465 e. The number of ether oxygens (including phenoxy) is 2. The molecule has 37 heavy (non-hydrogen) atoms. The van der Waals surface area contributed by atoms with Crippen LogP contribution in [0.25, 0.3) is 11.3 Å². The van der Waals surface area contributed by atoms with Gasteiger partial charge in [-0.05, 0) is 57.2 Å². The predicted octanol–water partition coefficient (Wildman–Crippen LogP) is 4.39. The van der Waals surface area contributed by atoms with Crippen molar-refractivity contribution in [2.75, 3.05) is 38.2 Å². The standard InChI is InChI=1S/C29H30N4O4/c1-29(2,3)37-28(35)33-16-14-32(15-17-33)26-19-24(27(34)36-4)18-25(31-26)23-11-9-21(10-12-23)7-8-22-6-5-13-30-20-22/h5-6,9-13,18-20H,14-17H2,1-4H3. The molecule has 0 N–H and O–H groups in total. The summed E-state index contributed by atoms with van der Waals surface area (Å²) in [4.78, 5) is 37.5. The Hall–Kier alpha value is -4.38. The van der Waals surface area contributed by atoms with Gasteiger partial charge in [0, 0.05) is 55.3 Å². The van der Waals surface area contributed by atoms with E-state index in [1.54, 1.807) is 29.4 Å². The Bertz CT molecular complexity index is 1310. The van der Waals surface area contributed by atoms with Gasteiger partial charge in [0.1, 0.15) is 11.4 Å². The van der Waals surface area contributed by atoms with Crippen molar-refractivity contribution >= 4 is 17.9 Å². The van der Waals surface area contributed by atoms with Crippen molar-refractivity contribution in [3.63, 3.8) is 0 Å². The Balaban J connectivity index is 1.54. The minimum atomic E-state index is -0.542. The fraction of sp³-hybridized carbons (Fsp3) is 0.310. The lowest BCUT2D eigenvalue weighted by Crippen LogP contribution is -2.50. The molecule has 0 bridgehead atoms. The zero-order valence-corrected chi connectivity index (χ0v) is 21.5. The number of aromatic nitrogens is 2. The van der Waals surface area contributed by atoms with Gasteiger partial charge in [-0.2, -0.15) is 0 Å². The van der Waals surface area contributed by atoms with E-state index in [4.69, 9.17) is 14.5 Å². The molecule has 0 atom stereocenters. The number of anilines is 1. The van der Waals surface area contributed by atoms with Crippen molar-refractivity contribution in [3.8, 4) is 23.1 Å². The van der Waals surface area contributed by atoms with Crippen LogP contribution in [0, 0.1) is 11.8 Å². The van der Waals surface area contributed by atoms with Crippen LogP contribution in [-0.2, 0) is 9.47 Å². The summed E-state index contributed by atoms with van der Waals surface area (Å²) in [5.74, 6) is 6.45. The van der Waals surface area contributed by atoms with E-state index in [9.17, 15) is 9.59 Å². The summed E-state index contributed by atoms with van der Waals surface area (Å²) in [6.07, 6.45) is 3.11. The number of pyridine rings is 2. The fourth-order valence-electron chi connectivity index (χ4n) is 3.81. The summed E-state index contributed by atoms with van der Waals surface area (Å²) in [7, 11) is 1.36. The minimum absolute atomic E-state index is 0.323. The van der Waals surface area contributed by atoms with Gasteiger partial charge in [0.15, 0.2) is 0 Å². The van der Waals surface area contributed by atoms with E-state index in [-0.39, 0.29) is 6.09 Å². The van der Waals surface area contributed by atoms with Crippen molar-refractivity contribution in [1.82, 2.24) is 14.9 Å². The Kier molecular flexibility index (Phi) is 7.73. The first-order valence-corrected chi connectivity index (χ1v) is 12.1. The SMILES string of the molecule is COC(=O)c1cc(-c2ccc(C#Cc3cccnc3)cc2)nc(N2CCN(C(=O)OC(C)(C)C)CC2)c1. The van der Waals surface area contributed by atoms with Crippen molar-refractivity contribution in [2.24, 2.45) is 0 Å². The zero-order chi connectivity index (χ0) is 26.4. The monoisotopic (exact) mass is 498 g/mol. The van der Waals surface area contributed by atoms with Gasteiger partial charge in [-0.3, -0.25) is 4.98 Å². The van der Waals surface area contributed by atoms with Crippen LogP contribution < -0.4 is 4.90 Å². The Labute approximate surface area is 217 Å². The third-order valence-corrected chi connectivity index (χ3v) is 5.68. The van der Waals surface area contributed by atoms with E-state index in [0.717, 1.165) is 16.7 Å². The van der Waals surface area contributed by atoms with Gasteiger partial charge in [0.05, 0.1) is 18.4 Å². The van der Waals surface area contributed by atoms with Crippen LogP contribution in [0.4, 0.5) is 10.6 Å². The van der Waals surface area contributed by atoms with E-state index in [1.807, 2.05) is 57.2 Å². The molecule has 1 amide bonds. The van der Waals surface area contributed by atoms with E-state index >= 15 is 0 Å². The minimum Gasteiger partial charge on any atom is -0.465 e. The normalized spacial score (nSPS) is 13.4. The molecule has 3 aromatic rings. The third kappa shape index (κ3) is 6.85. The summed E-state index contributed by atoms with van der Waals surface area (Å²) in [6, 6.07) is 14.9. The maximum Gasteiger partial charge on any atom is 0.410 e. The highest BCUT2D eigenvalue weighted by molar-refractivity contribution is 5.91. The first-order chi connectivity index (χ1) is 17.7. The van der Waals surface area contributed by atoms with Crippen LogP contribution in [0.3, 0.4) is 0 Å². The van der Waals surface area contributed by atoms with Gasteiger partial charge in [-0.1, -0.05) is 24.0 Å². The first kappa shape index (κ1) is 25.7. The molecule has 0 radical (unpaired) electrons. The average Bonchev–Trinajstić information content (AvgIpc) is 2.91. The molecule has 1 aliphatic heterocycles. The number of amides is 1. The van der Waals surface area contributed by atoms with E-state index in [2.05, 4.69) is 21.7 Å². The number of rotatable bonds is 3. The lowest BCUT2D eigenvalue weighted by atomic mass is 10.1. The van der Waals surface area contributed by atoms with E-state index in [0.29, 0.717) is 43.3 Å². The van der Waals surface area contributed by atoms with Crippen molar-refractivity contribution in [1.29, 1.82) is 0 Å². The number of methoxy groups -OCH3 is 1. The molecule has 0 aliphatic carbocycles. The lowest BCUT2D eigenvalue weighted by molar-refractivity contribution is 0.0240. The van der Waals surface area contributed by atoms with E-state index in [1.165, 1.54) is 7.11 Å². The lowest BCUT2D eigenvalue weighted by Gasteiger charge is -2.36. The molecule has 0 spiro atoms. The Morgan fingerprint density at radius 1 is 0.946 bits per heavy atom. The molecule has 1 fully saturated rings. The number of carbonyl (C=O) groups excluding carboxylic acids is 2. The van der Waals surface area contributed by atoms with Gasteiger partial charge < -0.3 is 19.3 Å². The number of piperazine rings is 1. The average molecular weight is 499 g/mol. The molecule has 1 aliphatic rings. The van der Waals surface area contributed by atoms with Crippen LogP contribution in [0.1, 0.15) is 42.3 Å². The number of nitrogens with zero attached hydrogens (tertiary/aromatic N) is 4. The summed E-state index contributed by atoms with van der Waals surface area (Å²) in [6.45, 7) is 7.69. The molecule has 1 aromatic carbocycles. The Morgan fingerprint density at radius 2 is 1.65 bits per heavy atom. The first-order valence-electron chi connectivity index (χ1n) is 12.1. The molecular formula is C29H30N4O4. The van der Waals surface area contributed by atoms with Crippen LogP contribution >= 0.6 is 0 Å². The molecule has 8 nitrogen and oxygen atoms in total. The molecular weight excluding hydrogens is 468 g/mol. The van der Waals surface area contributed by atoms with Gasteiger partial charge in [0.25, 0.3) is 0 Å². The summed E-state index contributed by atoms with van der Waals surface area (Å²) < 4.78 is 10.5. The second kappa shape index (κ2) is 11.1. The maximum atomic E-state index is 12.4. The molecule has 4 rings (SSSR count). The van der Waals surface area contributed by atoms with Gasteiger partial charge in [0.2, 0.25) is 0 Å². The van der Waals surface area contributed by atoms with Gasteiger partial charge in [-0.25, -0.2) is 14.6 Å². The smallest absolute Gasteiger partial charge is 0.410 e. The van der Waals surface area contributed by atoms with Crippen LogP contribution in [-0.4, -0.2) is 65.8 Å². The molecule has 2 aromatic heterocycles. The quantitative estimate of drug-likeness (QED) is 0.391.